The summed E-state index contributed by atoms with van der Waals surface area (Å²) >= 11 is 0. The average Bonchev–Trinajstić information content (AvgIpc) is 3.35. The van der Waals surface area contributed by atoms with E-state index in [4.69, 9.17) is 4.74 Å². The number of ketones is 3. The van der Waals surface area contributed by atoms with Crippen LogP contribution in [-0.2, 0) is 20.7 Å². The lowest BCUT2D eigenvalue weighted by molar-refractivity contribution is -0.131. The molecule has 4 atom stereocenters. The number of carbonyl (C=O) groups excluding carboxylic acids is 3. The lowest BCUT2D eigenvalue weighted by Gasteiger charge is -2.29. The molecule has 0 aromatic heterocycles. The van der Waals surface area contributed by atoms with E-state index in [-0.39, 0.29) is 41.7 Å². The quantitative estimate of drug-likeness (QED) is 0.488. The number of rotatable bonds is 6. The van der Waals surface area contributed by atoms with E-state index in [0.29, 0.717) is 27.8 Å². The predicted molar refractivity (Wildman–Crippen MR) is 134 cm³/mol. The van der Waals surface area contributed by atoms with Crippen molar-refractivity contribution in [3.8, 4) is 11.5 Å². The van der Waals surface area contributed by atoms with E-state index in [1.807, 2.05) is 30.3 Å². The zero-order valence-electron chi connectivity index (χ0n) is 19.8. The number of carbonyl (C=O) groups is 3. The monoisotopic (exact) mass is 482 g/mol. The standard InChI is InChI=1S/C30H26O6/c1-17-21-10-6-7-11-22(21)29(35)30(17)27(18(2)31)26(28(36-30)20-8-4-3-5-9-20)24(33)15-13-19-12-14-23(32)25(34)16-19/h3-12,14,16,26-28,32,34H,1,13,15H2,2H3. The van der Waals surface area contributed by atoms with Crippen LogP contribution in [0, 0.1) is 11.8 Å². The first-order chi connectivity index (χ1) is 17.3. The minimum absolute atomic E-state index is 0.0645. The van der Waals surface area contributed by atoms with Gasteiger partial charge < -0.3 is 14.9 Å². The number of benzene rings is 3. The second kappa shape index (κ2) is 8.88. The number of aryl methyl sites for hydroxylation is 1. The Balaban J connectivity index is 1.56. The van der Waals surface area contributed by atoms with Gasteiger partial charge in [-0.3, -0.25) is 14.4 Å². The highest BCUT2D eigenvalue weighted by atomic mass is 16.5. The summed E-state index contributed by atoms with van der Waals surface area (Å²) < 4.78 is 6.53. The van der Waals surface area contributed by atoms with Crippen molar-refractivity contribution >= 4 is 22.9 Å². The second-order valence-corrected chi connectivity index (χ2v) is 9.44. The van der Waals surface area contributed by atoms with Crippen molar-refractivity contribution in [2.24, 2.45) is 11.8 Å². The van der Waals surface area contributed by atoms with Gasteiger partial charge >= 0.3 is 0 Å². The summed E-state index contributed by atoms with van der Waals surface area (Å²) in [6, 6.07) is 20.6. The van der Waals surface area contributed by atoms with Crippen LogP contribution in [-0.4, -0.2) is 33.2 Å². The fourth-order valence-electron chi connectivity index (χ4n) is 5.68. The van der Waals surface area contributed by atoms with Gasteiger partial charge in [-0.15, -0.1) is 0 Å². The first kappa shape index (κ1) is 23.7. The van der Waals surface area contributed by atoms with Crippen LogP contribution in [0.25, 0.3) is 5.57 Å². The molecular weight excluding hydrogens is 456 g/mol. The van der Waals surface area contributed by atoms with Crippen LogP contribution in [0.15, 0.2) is 79.4 Å². The van der Waals surface area contributed by atoms with Crippen LogP contribution in [0.5, 0.6) is 11.5 Å². The van der Waals surface area contributed by atoms with Crippen molar-refractivity contribution in [1.82, 2.24) is 0 Å². The maximum absolute atomic E-state index is 13.8. The summed E-state index contributed by atoms with van der Waals surface area (Å²) in [6.07, 6.45) is -0.456. The Kier molecular flexibility index (Phi) is 5.85. The molecule has 2 N–H and O–H groups in total. The highest BCUT2D eigenvalue weighted by molar-refractivity contribution is 6.22. The van der Waals surface area contributed by atoms with Gasteiger partial charge in [-0.25, -0.2) is 0 Å². The maximum Gasteiger partial charge on any atom is 0.200 e. The lowest BCUT2D eigenvalue weighted by atomic mass is 9.70. The van der Waals surface area contributed by atoms with Crippen molar-refractivity contribution in [2.75, 3.05) is 0 Å². The van der Waals surface area contributed by atoms with Gasteiger partial charge in [0.1, 0.15) is 11.6 Å². The summed E-state index contributed by atoms with van der Waals surface area (Å²) in [5.41, 5.74) is 1.20. The number of hydrogen-bond donors (Lipinski definition) is 2. The summed E-state index contributed by atoms with van der Waals surface area (Å²) in [5, 5.41) is 19.4. The van der Waals surface area contributed by atoms with E-state index in [1.54, 1.807) is 30.3 Å². The van der Waals surface area contributed by atoms with E-state index in [9.17, 15) is 24.6 Å². The molecule has 3 aromatic carbocycles. The Bertz CT molecular complexity index is 1350. The smallest absolute Gasteiger partial charge is 0.200 e. The molecule has 1 heterocycles. The summed E-state index contributed by atoms with van der Waals surface area (Å²) in [4.78, 5) is 40.9. The Hall–Kier alpha value is -4.03. The van der Waals surface area contributed by atoms with E-state index in [2.05, 4.69) is 6.58 Å². The predicted octanol–water partition coefficient (Wildman–Crippen LogP) is 4.84. The molecule has 5 rings (SSSR count). The fourth-order valence-corrected chi connectivity index (χ4v) is 5.68. The number of fused-ring (bicyclic) bond motifs is 1. The third-order valence-corrected chi connectivity index (χ3v) is 7.36. The average molecular weight is 483 g/mol. The third kappa shape index (κ3) is 3.57. The molecule has 0 bridgehead atoms. The minimum Gasteiger partial charge on any atom is -0.504 e. The van der Waals surface area contributed by atoms with Gasteiger partial charge in [0.15, 0.2) is 17.1 Å². The molecule has 36 heavy (non-hydrogen) atoms. The summed E-state index contributed by atoms with van der Waals surface area (Å²) in [6.45, 7) is 5.58. The zero-order chi connectivity index (χ0) is 25.6. The molecule has 6 heteroatoms. The molecule has 1 aliphatic carbocycles. The fraction of sp³-hybridized carbons (Fsp3) is 0.233. The van der Waals surface area contributed by atoms with Crippen LogP contribution < -0.4 is 0 Å². The van der Waals surface area contributed by atoms with Gasteiger partial charge in [-0.2, -0.15) is 0 Å². The molecule has 0 saturated carbocycles. The van der Waals surface area contributed by atoms with Crippen LogP contribution >= 0.6 is 0 Å². The zero-order valence-corrected chi connectivity index (χ0v) is 19.8. The number of ether oxygens (including phenoxy) is 1. The van der Waals surface area contributed by atoms with Crippen molar-refractivity contribution < 1.29 is 29.3 Å². The molecule has 4 unspecified atom stereocenters. The first-order valence-electron chi connectivity index (χ1n) is 11.9. The molecule has 182 valence electrons. The molecule has 1 fully saturated rings. The van der Waals surface area contributed by atoms with E-state index in [0.717, 1.165) is 0 Å². The van der Waals surface area contributed by atoms with E-state index < -0.39 is 23.5 Å². The Labute approximate surface area is 208 Å². The van der Waals surface area contributed by atoms with Gasteiger partial charge in [-0.05, 0) is 47.7 Å². The molecule has 1 spiro atoms. The number of phenols is 2. The molecule has 0 radical (unpaired) electrons. The van der Waals surface area contributed by atoms with E-state index >= 15 is 0 Å². The van der Waals surface area contributed by atoms with E-state index in [1.165, 1.54) is 19.1 Å². The summed E-state index contributed by atoms with van der Waals surface area (Å²) in [7, 11) is 0. The molecule has 6 nitrogen and oxygen atoms in total. The number of hydrogen-bond acceptors (Lipinski definition) is 6. The highest BCUT2D eigenvalue weighted by Gasteiger charge is 2.66. The van der Waals surface area contributed by atoms with Gasteiger partial charge in [0, 0.05) is 12.0 Å². The van der Waals surface area contributed by atoms with Crippen molar-refractivity contribution in [1.29, 1.82) is 0 Å². The van der Waals surface area contributed by atoms with Crippen molar-refractivity contribution in [3.05, 3.63) is 102 Å². The first-order valence-corrected chi connectivity index (χ1v) is 11.9. The largest absolute Gasteiger partial charge is 0.504 e. The SMILES string of the molecule is C=C1c2ccccc2C(=O)C12OC(c1ccccc1)C(C(=O)CCc1ccc(O)c(O)c1)C2C(C)=O. The Morgan fingerprint density at radius 1 is 0.944 bits per heavy atom. The van der Waals surface area contributed by atoms with Crippen molar-refractivity contribution in [2.45, 2.75) is 31.5 Å². The Morgan fingerprint density at radius 2 is 1.61 bits per heavy atom. The minimum atomic E-state index is -1.65. The molecule has 3 aromatic rings. The summed E-state index contributed by atoms with van der Waals surface area (Å²) in [5.74, 6) is -3.31. The Morgan fingerprint density at radius 3 is 2.25 bits per heavy atom. The highest BCUT2D eigenvalue weighted by Crippen LogP contribution is 2.58. The van der Waals surface area contributed by atoms with Gasteiger partial charge in [-0.1, -0.05) is 67.2 Å². The topological polar surface area (TPSA) is 101 Å². The van der Waals surface area contributed by atoms with Crippen molar-refractivity contribution in [3.63, 3.8) is 0 Å². The maximum atomic E-state index is 13.8. The third-order valence-electron chi connectivity index (χ3n) is 7.36. The number of Topliss-reactive ketones (excluding diaryl/α,β-unsaturated/α-hetero) is 3. The molecular formula is C30H26O6. The van der Waals surface area contributed by atoms with Crippen LogP contribution in [0.3, 0.4) is 0 Å². The molecule has 1 saturated heterocycles. The lowest BCUT2D eigenvalue weighted by Crippen LogP contribution is -2.46. The molecule has 2 aliphatic rings. The van der Waals surface area contributed by atoms with Gasteiger partial charge in [0.2, 0.25) is 5.78 Å². The van der Waals surface area contributed by atoms with Crippen LogP contribution in [0.1, 0.15) is 46.5 Å². The number of aromatic hydroxyl groups is 2. The number of phenolic OH excluding ortho intramolecular Hbond substituents is 2. The van der Waals surface area contributed by atoms with Crippen LogP contribution in [0.4, 0.5) is 0 Å². The molecule has 0 amide bonds. The van der Waals surface area contributed by atoms with Crippen LogP contribution in [0.2, 0.25) is 0 Å². The normalized spacial score (nSPS) is 24.8. The molecule has 1 aliphatic heterocycles. The second-order valence-electron chi connectivity index (χ2n) is 9.44. The van der Waals surface area contributed by atoms with Gasteiger partial charge in [0.05, 0.1) is 17.9 Å². The van der Waals surface area contributed by atoms with Gasteiger partial charge in [0.25, 0.3) is 0 Å².